The van der Waals surface area contributed by atoms with E-state index in [1.807, 2.05) is 6.92 Å². The van der Waals surface area contributed by atoms with Crippen LogP contribution in [0.1, 0.15) is 16.0 Å². The molecular weight excluding hydrogens is 236 g/mol. The van der Waals surface area contributed by atoms with Gasteiger partial charge in [-0.2, -0.15) is 10.2 Å². The van der Waals surface area contributed by atoms with Crippen molar-refractivity contribution in [2.24, 2.45) is 0 Å². The van der Waals surface area contributed by atoms with Gasteiger partial charge in [0.25, 0.3) is 0 Å². The molecule has 0 saturated carbocycles. The first-order valence-corrected chi connectivity index (χ1v) is 11.1. The van der Waals surface area contributed by atoms with Crippen molar-refractivity contribution in [1.82, 2.24) is 10.2 Å². The molecule has 0 aliphatic heterocycles. The number of hydrogen-bond acceptors (Lipinski definition) is 2. The minimum atomic E-state index is -0.654. The van der Waals surface area contributed by atoms with Crippen LogP contribution in [-0.2, 0) is 0 Å². The molecule has 0 atom stereocenters. The van der Waals surface area contributed by atoms with Gasteiger partial charge in [0.2, 0.25) is 0 Å². The molecule has 4 heteroatoms. The van der Waals surface area contributed by atoms with E-state index in [-0.39, 0.29) is 0 Å². The molecular formula is C12H24N2S2. The molecule has 0 aliphatic carbocycles. The standard InChI is InChI=1S/C12H24N2S2/c1-10-8-9-11(14-13-10)12(15(2,3)4)16(5,6)7/h8-9,12H,1-7H3. The molecule has 0 saturated heterocycles. The molecule has 1 aromatic rings. The highest BCUT2D eigenvalue weighted by atomic mass is 32.3. The Morgan fingerprint density at radius 2 is 1.38 bits per heavy atom. The Bertz CT molecular complexity index is 333. The highest BCUT2D eigenvalue weighted by Gasteiger charge is 2.31. The summed E-state index contributed by atoms with van der Waals surface area (Å²) in [6.07, 6.45) is 14.2. The van der Waals surface area contributed by atoms with Crippen molar-refractivity contribution in [2.45, 2.75) is 11.5 Å². The number of hydrogen-bond donors (Lipinski definition) is 0. The number of rotatable bonds is 3. The van der Waals surface area contributed by atoms with Crippen molar-refractivity contribution < 1.29 is 0 Å². The van der Waals surface area contributed by atoms with E-state index in [4.69, 9.17) is 0 Å². The zero-order valence-corrected chi connectivity index (χ0v) is 13.1. The van der Waals surface area contributed by atoms with E-state index in [2.05, 4.69) is 59.9 Å². The first-order valence-electron chi connectivity index (χ1n) is 5.27. The van der Waals surface area contributed by atoms with Gasteiger partial charge in [-0.1, -0.05) is 0 Å². The molecule has 0 aliphatic rings. The van der Waals surface area contributed by atoms with E-state index >= 15 is 0 Å². The fourth-order valence-electron chi connectivity index (χ4n) is 2.13. The molecule has 0 bridgehead atoms. The highest BCUT2D eigenvalue weighted by molar-refractivity contribution is 8.47. The van der Waals surface area contributed by atoms with Crippen molar-refractivity contribution in [3.8, 4) is 0 Å². The molecule has 0 spiro atoms. The number of aromatic nitrogens is 2. The number of aryl methyl sites for hydroxylation is 1. The summed E-state index contributed by atoms with van der Waals surface area (Å²) in [7, 11) is -1.31. The molecule has 16 heavy (non-hydrogen) atoms. The SMILES string of the molecule is Cc1ccc(C(S(C)(C)C)S(C)(C)C)nn1. The minimum Gasteiger partial charge on any atom is -0.234 e. The second kappa shape index (κ2) is 4.57. The van der Waals surface area contributed by atoms with Crippen molar-refractivity contribution in [2.75, 3.05) is 37.5 Å². The van der Waals surface area contributed by atoms with Crippen LogP contribution in [0.5, 0.6) is 0 Å². The Balaban J connectivity index is 3.18. The van der Waals surface area contributed by atoms with Crippen LogP contribution >= 0.6 is 20.1 Å². The van der Waals surface area contributed by atoms with Gasteiger partial charge in [0, 0.05) is 0 Å². The molecule has 0 amide bonds. The van der Waals surface area contributed by atoms with Gasteiger partial charge in [-0.25, -0.2) is 20.1 Å². The monoisotopic (exact) mass is 260 g/mol. The van der Waals surface area contributed by atoms with Crippen molar-refractivity contribution in [3.05, 3.63) is 23.5 Å². The predicted octanol–water partition coefficient (Wildman–Crippen LogP) is 3.17. The third-order valence-corrected chi connectivity index (χ3v) is 8.86. The van der Waals surface area contributed by atoms with Gasteiger partial charge in [-0.3, -0.25) is 0 Å². The topological polar surface area (TPSA) is 25.8 Å². The Labute approximate surface area is 103 Å². The van der Waals surface area contributed by atoms with Gasteiger partial charge in [0.15, 0.2) is 0 Å². The van der Waals surface area contributed by atoms with Gasteiger partial charge in [-0.05, 0) is 56.6 Å². The van der Waals surface area contributed by atoms with Gasteiger partial charge in [-0.15, -0.1) is 0 Å². The first kappa shape index (κ1) is 13.8. The van der Waals surface area contributed by atoms with Gasteiger partial charge in [0.1, 0.15) is 0 Å². The van der Waals surface area contributed by atoms with Gasteiger partial charge in [0.05, 0.1) is 16.0 Å². The average Bonchev–Trinajstić information content (AvgIpc) is 2.03. The molecule has 94 valence electrons. The first-order chi connectivity index (χ1) is 7.12. The Morgan fingerprint density at radius 1 is 0.875 bits per heavy atom. The molecule has 0 unspecified atom stereocenters. The smallest absolute Gasteiger partial charge is 0.0831 e. The average molecular weight is 260 g/mol. The summed E-state index contributed by atoms with van der Waals surface area (Å²) in [6, 6.07) is 4.23. The maximum absolute atomic E-state index is 4.40. The predicted molar refractivity (Wildman–Crippen MR) is 80.2 cm³/mol. The lowest BCUT2D eigenvalue weighted by Crippen LogP contribution is -2.16. The Kier molecular flexibility index (Phi) is 3.95. The highest BCUT2D eigenvalue weighted by Crippen LogP contribution is 2.68. The lowest BCUT2D eigenvalue weighted by molar-refractivity contribution is 0.925. The van der Waals surface area contributed by atoms with Gasteiger partial charge >= 0.3 is 0 Å². The maximum Gasteiger partial charge on any atom is 0.0831 e. The van der Waals surface area contributed by atoms with Crippen molar-refractivity contribution in [3.63, 3.8) is 0 Å². The molecule has 0 N–H and O–H groups in total. The van der Waals surface area contributed by atoms with Crippen LogP contribution in [0, 0.1) is 6.92 Å². The summed E-state index contributed by atoms with van der Waals surface area (Å²) < 4.78 is 0.577. The van der Waals surface area contributed by atoms with Crippen LogP contribution in [0.3, 0.4) is 0 Å². The Morgan fingerprint density at radius 3 is 1.69 bits per heavy atom. The van der Waals surface area contributed by atoms with Crippen LogP contribution < -0.4 is 0 Å². The van der Waals surface area contributed by atoms with E-state index < -0.39 is 20.1 Å². The third kappa shape index (κ3) is 3.39. The second-order valence-corrected chi connectivity index (χ2v) is 14.8. The van der Waals surface area contributed by atoms with Crippen LogP contribution in [0.25, 0.3) is 0 Å². The molecule has 1 heterocycles. The van der Waals surface area contributed by atoms with E-state index in [1.165, 1.54) is 5.69 Å². The zero-order valence-electron chi connectivity index (χ0n) is 11.4. The Hall–Kier alpha value is -0.220. The molecule has 1 rings (SSSR count). The van der Waals surface area contributed by atoms with Crippen LogP contribution in [-0.4, -0.2) is 47.7 Å². The van der Waals surface area contributed by atoms with E-state index in [1.54, 1.807) is 0 Å². The molecule has 1 aromatic heterocycles. The zero-order chi connectivity index (χ0) is 12.6. The van der Waals surface area contributed by atoms with Crippen LogP contribution in [0.2, 0.25) is 0 Å². The van der Waals surface area contributed by atoms with E-state index in [0.717, 1.165) is 5.69 Å². The lowest BCUT2D eigenvalue weighted by atomic mass is 10.4. The van der Waals surface area contributed by atoms with Crippen LogP contribution in [0.15, 0.2) is 12.1 Å². The third-order valence-electron chi connectivity index (χ3n) is 2.34. The summed E-state index contributed by atoms with van der Waals surface area (Å²) in [5.41, 5.74) is 2.17. The summed E-state index contributed by atoms with van der Waals surface area (Å²) in [4.78, 5) is 0. The van der Waals surface area contributed by atoms with Crippen molar-refractivity contribution >= 4 is 20.1 Å². The molecule has 0 aromatic carbocycles. The van der Waals surface area contributed by atoms with Gasteiger partial charge < -0.3 is 0 Å². The summed E-state index contributed by atoms with van der Waals surface area (Å²) in [5.74, 6) is 0. The summed E-state index contributed by atoms with van der Waals surface area (Å²) >= 11 is 0. The van der Waals surface area contributed by atoms with Crippen molar-refractivity contribution in [1.29, 1.82) is 0 Å². The van der Waals surface area contributed by atoms with E-state index in [0.29, 0.717) is 4.58 Å². The van der Waals surface area contributed by atoms with Crippen LogP contribution in [0.4, 0.5) is 0 Å². The number of nitrogens with zero attached hydrogens (tertiary/aromatic N) is 2. The quantitative estimate of drug-likeness (QED) is 0.834. The fraction of sp³-hybridized carbons (Fsp3) is 0.667. The van der Waals surface area contributed by atoms with E-state index in [9.17, 15) is 0 Å². The summed E-state index contributed by atoms with van der Waals surface area (Å²) in [5, 5.41) is 8.61. The molecule has 0 fully saturated rings. The maximum atomic E-state index is 4.40. The minimum absolute atomic E-state index is 0.577. The lowest BCUT2D eigenvalue weighted by Gasteiger charge is -2.47. The fourth-order valence-corrected chi connectivity index (χ4v) is 10.8. The largest absolute Gasteiger partial charge is 0.234 e. The summed E-state index contributed by atoms with van der Waals surface area (Å²) in [6.45, 7) is 1.99. The molecule has 2 nitrogen and oxygen atoms in total. The normalized spacial score (nSPS) is 15.2. The second-order valence-electron chi connectivity index (χ2n) is 5.80. The molecule has 0 radical (unpaired) electrons.